The summed E-state index contributed by atoms with van der Waals surface area (Å²) in [6.07, 6.45) is 1.82. The van der Waals surface area contributed by atoms with Crippen LogP contribution in [-0.4, -0.2) is 6.29 Å². The molecule has 0 fully saturated rings. The predicted octanol–water partition coefficient (Wildman–Crippen LogP) is 3.28. The minimum Gasteiger partial charge on any atom is -0.303 e. The molecule has 0 N–H and O–H groups in total. The Balaban J connectivity index is 2.76. The number of aldehydes is 1. The van der Waals surface area contributed by atoms with Crippen LogP contribution in [0.3, 0.4) is 0 Å². The molecule has 0 saturated carbocycles. The minimum atomic E-state index is -0.246. The topological polar surface area (TPSA) is 17.1 Å². The average Bonchev–Trinajstić information content (AvgIpc) is 2.36. The van der Waals surface area contributed by atoms with Gasteiger partial charge >= 0.3 is 0 Å². The Morgan fingerprint density at radius 2 is 2.33 bits per heavy atom. The van der Waals surface area contributed by atoms with E-state index in [2.05, 4.69) is 22.0 Å². The molecule has 3 heteroatoms. The van der Waals surface area contributed by atoms with Gasteiger partial charge in [0.1, 0.15) is 6.29 Å². The zero-order valence-electron chi connectivity index (χ0n) is 7.13. The second kappa shape index (κ2) is 3.71. The molecule has 1 nitrogen and oxygen atoms in total. The quantitative estimate of drug-likeness (QED) is 0.749. The van der Waals surface area contributed by atoms with E-state index >= 15 is 0 Å². The van der Waals surface area contributed by atoms with Gasteiger partial charge in [0.25, 0.3) is 0 Å². The maximum absolute atomic E-state index is 10.7. The van der Waals surface area contributed by atoms with E-state index in [-0.39, 0.29) is 5.41 Å². The second-order valence-corrected chi connectivity index (χ2v) is 5.74. The molecular formula is C9H11BrOS. The normalized spacial score (nSPS) is 11.6. The van der Waals surface area contributed by atoms with Gasteiger partial charge in [-0.3, -0.25) is 0 Å². The fourth-order valence-corrected chi connectivity index (χ4v) is 2.22. The maximum atomic E-state index is 10.7. The Hall–Kier alpha value is -0.150. The van der Waals surface area contributed by atoms with E-state index in [0.717, 1.165) is 16.5 Å². The summed E-state index contributed by atoms with van der Waals surface area (Å²) >= 11 is 5.11. The summed E-state index contributed by atoms with van der Waals surface area (Å²) in [6, 6.07) is 2.06. The van der Waals surface area contributed by atoms with Crippen LogP contribution in [0, 0.1) is 5.41 Å². The van der Waals surface area contributed by atoms with E-state index in [9.17, 15) is 4.79 Å². The standard InChI is InChI=1S/C9H11BrOS/c1-9(2,6-11)5-7-3-4-12-8(7)10/h3-4,6H,5H2,1-2H3. The monoisotopic (exact) mass is 246 g/mol. The summed E-state index contributed by atoms with van der Waals surface area (Å²) in [5.74, 6) is 0. The molecule has 1 aromatic rings. The molecular weight excluding hydrogens is 236 g/mol. The number of halogens is 1. The molecule has 0 aliphatic carbocycles. The summed E-state index contributed by atoms with van der Waals surface area (Å²) in [4.78, 5) is 10.7. The summed E-state index contributed by atoms with van der Waals surface area (Å²) in [7, 11) is 0. The number of carbonyl (C=O) groups is 1. The zero-order chi connectivity index (χ0) is 9.19. The van der Waals surface area contributed by atoms with Crippen molar-refractivity contribution in [2.24, 2.45) is 5.41 Å². The van der Waals surface area contributed by atoms with Gasteiger partial charge in [0.05, 0.1) is 3.79 Å². The fraction of sp³-hybridized carbons (Fsp3) is 0.444. The molecule has 0 spiro atoms. The van der Waals surface area contributed by atoms with Crippen molar-refractivity contribution in [1.82, 2.24) is 0 Å². The second-order valence-electron chi connectivity index (χ2n) is 3.50. The molecule has 0 aliphatic heterocycles. The summed E-state index contributed by atoms with van der Waals surface area (Å²) in [5.41, 5.74) is 0.973. The van der Waals surface area contributed by atoms with Crippen LogP contribution in [-0.2, 0) is 11.2 Å². The highest BCUT2D eigenvalue weighted by Crippen LogP contribution is 2.29. The Morgan fingerprint density at radius 1 is 1.67 bits per heavy atom. The molecule has 1 aromatic heterocycles. The van der Waals surface area contributed by atoms with Crippen molar-refractivity contribution >= 4 is 33.6 Å². The van der Waals surface area contributed by atoms with Crippen LogP contribution in [0.15, 0.2) is 15.2 Å². The molecule has 0 aliphatic rings. The van der Waals surface area contributed by atoms with Crippen LogP contribution in [0.1, 0.15) is 19.4 Å². The van der Waals surface area contributed by atoms with Gasteiger partial charge in [-0.2, -0.15) is 0 Å². The molecule has 66 valence electrons. The van der Waals surface area contributed by atoms with Gasteiger partial charge in [0.15, 0.2) is 0 Å². The maximum Gasteiger partial charge on any atom is 0.125 e. The molecule has 0 unspecified atom stereocenters. The van der Waals surface area contributed by atoms with Gasteiger partial charge in [-0.05, 0) is 39.4 Å². The Bertz CT molecular complexity index is 278. The lowest BCUT2D eigenvalue weighted by Crippen LogP contribution is -2.16. The lowest BCUT2D eigenvalue weighted by molar-refractivity contribution is -0.114. The largest absolute Gasteiger partial charge is 0.303 e. The van der Waals surface area contributed by atoms with Gasteiger partial charge < -0.3 is 4.79 Å². The van der Waals surface area contributed by atoms with E-state index < -0.39 is 0 Å². The molecule has 0 atom stereocenters. The fourth-order valence-electron chi connectivity index (χ4n) is 0.978. The van der Waals surface area contributed by atoms with Crippen LogP contribution >= 0.6 is 27.3 Å². The molecule has 0 aromatic carbocycles. The summed E-state index contributed by atoms with van der Waals surface area (Å²) in [6.45, 7) is 3.90. The van der Waals surface area contributed by atoms with Crippen molar-refractivity contribution in [3.05, 3.63) is 20.8 Å². The molecule has 1 heterocycles. The zero-order valence-corrected chi connectivity index (χ0v) is 9.54. The van der Waals surface area contributed by atoms with E-state index in [1.807, 2.05) is 19.2 Å². The smallest absolute Gasteiger partial charge is 0.125 e. The molecule has 0 saturated heterocycles. The van der Waals surface area contributed by atoms with E-state index in [1.165, 1.54) is 5.56 Å². The summed E-state index contributed by atoms with van der Waals surface area (Å²) < 4.78 is 1.14. The van der Waals surface area contributed by atoms with E-state index in [4.69, 9.17) is 0 Å². The Labute approximate surface area is 84.9 Å². The predicted molar refractivity (Wildman–Crippen MR) is 55.6 cm³/mol. The van der Waals surface area contributed by atoms with Crippen molar-refractivity contribution in [3.8, 4) is 0 Å². The van der Waals surface area contributed by atoms with Gasteiger partial charge in [0.2, 0.25) is 0 Å². The number of hydrogen-bond acceptors (Lipinski definition) is 2. The van der Waals surface area contributed by atoms with E-state index in [0.29, 0.717) is 0 Å². The highest BCUT2D eigenvalue weighted by atomic mass is 79.9. The molecule has 0 radical (unpaired) electrons. The first-order valence-corrected chi connectivity index (χ1v) is 5.40. The number of carbonyl (C=O) groups excluding carboxylic acids is 1. The molecule has 0 amide bonds. The molecule has 12 heavy (non-hydrogen) atoms. The van der Waals surface area contributed by atoms with Crippen molar-refractivity contribution in [1.29, 1.82) is 0 Å². The molecule has 1 rings (SSSR count). The number of hydrogen-bond donors (Lipinski definition) is 0. The number of rotatable bonds is 3. The third-order valence-corrected chi connectivity index (χ3v) is 3.47. The van der Waals surface area contributed by atoms with Crippen LogP contribution in [0.5, 0.6) is 0 Å². The van der Waals surface area contributed by atoms with Gasteiger partial charge in [-0.25, -0.2) is 0 Å². The van der Waals surface area contributed by atoms with Gasteiger partial charge in [-0.1, -0.05) is 13.8 Å². The van der Waals surface area contributed by atoms with Crippen LogP contribution in [0.25, 0.3) is 0 Å². The Kier molecular flexibility index (Phi) is 3.07. The van der Waals surface area contributed by atoms with Crippen molar-refractivity contribution in [3.63, 3.8) is 0 Å². The first-order valence-electron chi connectivity index (χ1n) is 3.73. The minimum absolute atomic E-state index is 0.246. The first-order chi connectivity index (χ1) is 5.55. The highest BCUT2D eigenvalue weighted by Gasteiger charge is 2.18. The SMILES string of the molecule is CC(C)(C=O)Cc1ccsc1Br. The summed E-state index contributed by atoms with van der Waals surface area (Å²) in [5, 5.41) is 2.03. The number of thiophene rings is 1. The van der Waals surface area contributed by atoms with Crippen molar-refractivity contribution < 1.29 is 4.79 Å². The van der Waals surface area contributed by atoms with E-state index in [1.54, 1.807) is 11.3 Å². The van der Waals surface area contributed by atoms with Crippen LogP contribution < -0.4 is 0 Å². The highest BCUT2D eigenvalue weighted by molar-refractivity contribution is 9.11. The van der Waals surface area contributed by atoms with Crippen molar-refractivity contribution in [2.75, 3.05) is 0 Å². The lowest BCUT2D eigenvalue weighted by atomic mass is 9.89. The lowest BCUT2D eigenvalue weighted by Gasteiger charge is -2.15. The third kappa shape index (κ3) is 2.42. The third-order valence-electron chi connectivity index (χ3n) is 1.66. The van der Waals surface area contributed by atoms with Crippen LogP contribution in [0.4, 0.5) is 0 Å². The Morgan fingerprint density at radius 3 is 2.75 bits per heavy atom. The van der Waals surface area contributed by atoms with Gasteiger partial charge in [-0.15, -0.1) is 11.3 Å². The van der Waals surface area contributed by atoms with Crippen molar-refractivity contribution in [2.45, 2.75) is 20.3 Å². The average molecular weight is 247 g/mol. The van der Waals surface area contributed by atoms with Crippen LogP contribution in [0.2, 0.25) is 0 Å². The molecule has 0 bridgehead atoms. The first kappa shape index (κ1) is 9.93. The van der Waals surface area contributed by atoms with Gasteiger partial charge in [0, 0.05) is 5.41 Å².